The van der Waals surface area contributed by atoms with Crippen molar-refractivity contribution in [3.8, 4) is 5.75 Å². The molecule has 3 aromatic rings. The van der Waals surface area contributed by atoms with Gasteiger partial charge < -0.3 is 14.6 Å². The Kier molecular flexibility index (Phi) is 5.41. The van der Waals surface area contributed by atoms with Crippen molar-refractivity contribution in [3.05, 3.63) is 78.6 Å². The van der Waals surface area contributed by atoms with Crippen LogP contribution in [-0.4, -0.2) is 26.5 Å². The number of hydrogen-bond acceptors (Lipinski definition) is 4. The van der Waals surface area contributed by atoms with E-state index in [1.807, 2.05) is 29.8 Å². The second-order valence-electron chi connectivity index (χ2n) is 5.81. The van der Waals surface area contributed by atoms with Gasteiger partial charge in [-0.1, -0.05) is 6.07 Å². The van der Waals surface area contributed by atoms with Gasteiger partial charge in [-0.05, 0) is 37.3 Å². The zero-order valence-corrected chi connectivity index (χ0v) is 14.0. The quantitative estimate of drug-likeness (QED) is 0.720. The van der Waals surface area contributed by atoms with Crippen molar-refractivity contribution in [2.75, 3.05) is 0 Å². The molecule has 0 bridgehead atoms. The highest BCUT2D eigenvalue weighted by molar-refractivity contribution is 5.94. The Hall–Kier alpha value is -3.15. The van der Waals surface area contributed by atoms with Gasteiger partial charge in [-0.2, -0.15) is 0 Å². The third-order valence-corrected chi connectivity index (χ3v) is 3.67. The molecular formula is C19H20N4O2. The maximum absolute atomic E-state index is 12.3. The minimum absolute atomic E-state index is 0.00297. The van der Waals surface area contributed by atoms with Gasteiger partial charge in [0, 0.05) is 48.5 Å². The Morgan fingerprint density at radius 1 is 1.20 bits per heavy atom. The summed E-state index contributed by atoms with van der Waals surface area (Å²) in [6.45, 7) is 3.09. The zero-order chi connectivity index (χ0) is 17.5. The molecule has 0 aliphatic heterocycles. The van der Waals surface area contributed by atoms with Crippen LogP contribution in [0.15, 0.2) is 67.5 Å². The standard InChI is InChI=1S/C19H20N4O2/c1-15(12-23-10-9-21-14-23)22-19(24)17-4-6-18(7-5-17)25-13-16-3-2-8-20-11-16/h2-11,14-15H,12-13H2,1H3,(H,22,24)/t15-/m0/s1. The Labute approximate surface area is 146 Å². The summed E-state index contributed by atoms with van der Waals surface area (Å²) in [5.41, 5.74) is 1.60. The molecule has 3 rings (SSSR count). The van der Waals surface area contributed by atoms with Crippen molar-refractivity contribution in [1.29, 1.82) is 0 Å². The number of nitrogens with zero attached hydrogens (tertiary/aromatic N) is 3. The highest BCUT2D eigenvalue weighted by atomic mass is 16.5. The number of ether oxygens (including phenoxy) is 1. The number of pyridine rings is 1. The molecule has 0 fully saturated rings. The lowest BCUT2D eigenvalue weighted by atomic mass is 10.2. The Balaban J connectivity index is 1.51. The lowest BCUT2D eigenvalue weighted by Crippen LogP contribution is -2.35. The highest BCUT2D eigenvalue weighted by Gasteiger charge is 2.10. The first-order valence-electron chi connectivity index (χ1n) is 8.09. The van der Waals surface area contributed by atoms with Crippen molar-refractivity contribution < 1.29 is 9.53 Å². The summed E-state index contributed by atoms with van der Waals surface area (Å²) in [5, 5.41) is 2.98. The molecule has 1 amide bonds. The highest BCUT2D eigenvalue weighted by Crippen LogP contribution is 2.14. The van der Waals surface area contributed by atoms with E-state index in [9.17, 15) is 4.79 Å². The summed E-state index contributed by atoms with van der Waals surface area (Å²) >= 11 is 0. The third kappa shape index (κ3) is 4.91. The van der Waals surface area contributed by atoms with Gasteiger partial charge in [0.05, 0.1) is 6.33 Å². The number of carbonyl (C=O) groups excluding carboxylic acids is 1. The molecule has 1 atom stereocenters. The van der Waals surface area contributed by atoms with Crippen LogP contribution in [0.1, 0.15) is 22.8 Å². The van der Waals surface area contributed by atoms with E-state index in [2.05, 4.69) is 15.3 Å². The SMILES string of the molecule is C[C@@H](Cn1ccnc1)NC(=O)c1ccc(OCc2cccnc2)cc1. The molecule has 25 heavy (non-hydrogen) atoms. The van der Waals surface area contributed by atoms with Crippen LogP contribution in [0.2, 0.25) is 0 Å². The van der Waals surface area contributed by atoms with Gasteiger partial charge in [-0.3, -0.25) is 9.78 Å². The van der Waals surface area contributed by atoms with Crippen molar-refractivity contribution in [2.24, 2.45) is 0 Å². The number of carbonyl (C=O) groups is 1. The van der Waals surface area contributed by atoms with Crippen LogP contribution >= 0.6 is 0 Å². The molecule has 0 aliphatic carbocycles. The van der Waals surface area contributed by atoms with E-state index in [1.165, 1.54) is 0 Å². The van der Waals surface area contributed by atoms with Gasteiger partial charge in [-0.15, -0.1) is 0 Å². The summed E-state index contributed by atoms with van der Waals surface area (Å²) in [5.74, 6) is 0.610. The van der Waals surface area contributed by atoms with E-state index < -0.39 is 0 Å². The number of aromatic nitrogens is 3. The molecule has 128 valence electrons. The third-order valence-electron chi connectivity index (χ3n) is 3.67. The van der Waals surface area contributed by atoms with Gasteiger partial charge in [0.15, 0.2) is 0 Å². The lowest BCUT2D eigenvalue weighted by molar-refractivity contribution is 0.0936. The summed E-state index contributed by atoms with van der Waals surface area (Å²) < 4.78 is 7.63. The lowest BCUT2D eigenvalue weighted by Gasteiger charge is -2.14. The van der Waals surface area contributed by atoms with Crippen LogP contribution in [0.3, 0.4) is 0 Å². The number of benzene rings is 1. The topological polar surface area (TPSA) is 69.0 Å². The monoisotopic (exact) mass is 336 g/mol. The predicted octanol–water partition coefficient (Wildman–Crippen LogP) is 2.68. The van der Waals surface area contributed by atoms with E-state index in [0.29, 0.717) is 24.5 Å². The van der Waals surface area contributed by atoms with E-state index in [-0.39, 0.29) is 11.9 Å². The number of imidazole rings is 1. The van der Waals surface area contributed by atoms with Gasteiger partial charge in [0.1, 0.15) is 12.4 Å². The normalized spacial score (nSPS) is 11.7. The van der Waals surface area contributed by atoms with Crippen LogP contribution in [0.25, 0.3) is 0 Å². The molecule has 0 unspecified atom stereocenters. The van der Waals surface area contributed by atoms with Crippen molar-refractivity contribution in [3.63, 3.8) is 0 Å². The predicted molar refractivity (Wildman–Crippen MR) is 94.2 cm³/mol. The molecule has 0 aliphatic rings. The van der Waals surface area contributed by atoms with Crippen LogP contribution in [0, 0.1) is 0 Å². The van der Waals surface area contributed by atoms with Gasteiger partial charge in [-0.25, -0.2) is 4.98 Å². The molecule has 6 heteroatoms. The van der Waals surface area contributed by atoms with Gasteiger partial charge in [0.25, 0.3) is 5.91 Å². The van der Waals surface area contributed by atoms with E-state index >= 15 is 0 Å². The summed E-state index contributed by atoms with van der Waals surface area (Å²) in [6.07, 6.45) is 8.82. The zero-order valence-electron chi connectivity index (χ0n) is 14.0. The minimum Gasteiger partial charge on any atom is -0.489 e. The van der Waals surface area contributed by atoms with Crippen LogP contribution in [-0.2, 0) is 13.2 Å². The average Bonchev–Trinajstić information content (AvgIpc) is 3.14. The summed E-state index contributed by atoms with van der Waals surface area (Å²) in [7, 11) is 0. The van der Waals surface area contributed by atoms with E-state index in [4.69, 9.17) is 4.74 Å². The number of hydrogen-bond donors (Lipinski definition) is 1. The van der Waals surface area contributed by atoms with Gasteiger partial charge in [0.2, 0.25) is 0 Å². The molecule has 0 saturated heterocycles. The molecular weight excluding hydrogens is 316 g/mol. The molecule has 0 radical (unpaired) electrons. The van der Waals surface area contributed by atoms with Gasteiger partial charge >= 0.3 is 0 Å². The summed E-state index contributed by atoms with van der Waals surface area (Å²) in [4.78, 5) is 20.3. The van der Waals surface area contributed by atoms with E-state index in [1.54, 1.807) is 49.2 Å². The maximum Gasteiger partial charge on any atom is 0.251 e. The molecule has 2 heterocycles. The minimum atomic E-state index is -0.105. The average molecular weight is 336 g/mol. The number of amides is 1. The maximum atomic E-state index is 12.3. The Morgan fingerprint density at radius 2 is 2.04 bits per heavy atom. The molecule has 2 aromatic heterocycles. The van der Waals surface area contributed by atoms with Crippen molar-refractivity contribution >= 4 is 5.91 Å². The first-order valence-corrected chi connectivity index (χ1v) is 8.09. The van der Waals surface area contributed by atoms with Crippen molar-refractivity contribution in [1.82, 2.24) is 19.9 Å². The van der Waals surface area contributed by atoms with Crippen molar-refractivity contribution in [2.45, 2.75) is 26.1 Å². The Morgan fingerprint density at radius 3 is 2.72 bits per heavy atom. The van der Waals surface area contributed by atoms with Crippen LogP contribution in [0.5, 0.6) is 5.75 Å². The second-order valence-corrected chi connectivity index (χ2v) is 5.81. The fourth-order valence-electron chi connectivity index (χ4n) is 2.42. The number of nitrogens with one attached hydrogen (secondary N) is 1. The second kappa shape index (κ2) is 8.10. The first-order chi connectivity index (χ1) is 12.2. The molecule has 0 spiro atoms. The first kappa shape index (κ1) is 16.7. The summed E-state index contributed by atoms with van der Waals surface area (Å²) in [6, 6.07) is 10.9. The number of rotatable bonds is 7. The fourth-order valence-corrected chi connectivity index (χ4v) is 2.42. The molecule has 1 N–H and O–H groups in total. The van der Waals surface area contributed by atoms with Crippen LogP contribution < -0.4 is 10.1 Å². The molecule has 6 nitrogen and oxygen atoms in total. The Bertz CT molecular complexity index is 786. The molecule has 1 aromatic carbocycles. The van der Waals surface area contributed by atoms with Crippen LogP contribution in [0.4, 0.5) is 0 Å². The fraction of sp³-hybridized carbons (Fsp3) is 0.211. The largest absolute Gasteiger partial charge is 0.489 e. The van der Waals surface area contributed by atoms with E-state index in [0.717, 1.165) is 5.56 Å². The molecule has 0 saturated carbocycles. The smallest absolute Gasteiger partial charge is 0.251 e.